The highest BCUT2D eigenvalue weighted by atomic mass is 16.6. The van der Waals surface area contributed by atoms with Crippen LogP contribution in [0.2, 0.25) is 0 Å². The highest BCUT2D eigenvalue weighted by molar-refractivity contribution is 5.96. The van der Waals surface area contributed by atoms with E-state index < -0.39 is 6.10 Å². The van der Waals surface area contributed by atoms with Crippen LogP contribution < -0.4 is 4.74 Å². The molecule has 0 amide bonds. The molecule has 0 N–H and O–H groups in total. The molecule has 0 spiro atoms. The summed E-state index contributed by atoms with van der Waals surface area (Å²) in [4.78, 5) is 28.6. The third-order valence-corrected chi connectivity index (χ3v) is 5.79. The number of hydrogen-bond acceptors (Lipinski definition) is 5. The summed E-state index contributed by atoms with van der Waals surface area (Å²) in [6.45, 7) is 0.0241. The lowest BCUT2D eigenvalue weighted by Crippen LogP contribution is -2.30. The molecule has 1 unspecified atom stereocenters. The van der Waals surface area contributed by atoms with Gasteiger partial charge < -0.3 is 9.47 Å². The summed E-state index contributed by atoms with van der Waals surface area (Å²) in [5.74, 6) is 0.170. The maximum atomic E-state index is 12.1. The van der Waals surface area contributed by atoms with Gasteiger partial charge in [-0.05, 0) is 53.9 Å². The zero-order valence-electron chi connectivity index (χ0n) is 18.1. The molecule has 1 aromatic heterocycles. The quantitative estimate of drug-likeness (QED) is 0.380. The van der Waals surface area contributed by atoms with E-state index in [0.717, 1.165) is 33.3 Å². The van der Waals surface area contributed by atoms with Crippen LogP contribution in [0.3, 0.4) is 0 Å². The van der Waals surface area contributed by atoms with Crippen molar-refractivity contribution >= 4 is 22.7 Å². The third kappa shape index (κ3) is 4.62. The topological polar surface area (TPSA) is 65.5 Å². The van der Waals surface area contributed by atoms with Gasteiger partial charge in [0.25, 0.3) is 0 Å². The molecule has 164 valence electrons. The van der Waals surface area contributed by atoms with Gasteiger partial charge in [-0.2, -0.15) is 0 Å². The number of carbonyl (C=O) groups is 2. The molecule has 2 heterocycles. The number of fused-ring (bicyclic) bond motifs is 1. The van der Waals surface area contributed by atoms with E-state index >= 15 is 0 Å². The summed E-state index contributed by atoms with van der Waals surface area (Å²) in [5, 5.41) is 1.11. The standard InChI is InChI=1S/C28H23NO4/c30-26-11-6-12-28(31)33-27(26)18-32-21-15-13-20(14-16-21)25-17-23(19-7-2-1-3-8-19)22-9-4-5-10-24(22)29-25/h1-5,7-10,13-17,27H,6,11-12,18H2. The average molecular weight is 437 g/mol. The number of aromatic nitrogens is 1. The molecule has 3 aromatic carbocycles. The lowest BCUT2D eigenvalue weighted by Gasteiger charge is -2.15. The first-order valence-corrected chi connectivity index (χ1v) is 11.1. The molecule has 0 radical (unpaired) electrons. The Bertz CT molecular complexity index is 1300. The fourth-order valence-electron chi connectivity index (χ4n) is 4.05. The van der Waals surface area contributed by atoms with Gasteiger partial charge in [0, 0.05) is 23.8 Å². The number of nitrogens with zero attached hydrogens (tertiary/aromatic N) is 1. The Morgan fingerprint density at radius 3 is 2.42 bits per heavy atom. The van der Waals surface area contributed by atoms with E-state index in [-0.39, 0.29) is 24.8 Å². The van der Waals surface area contributed by atoms with Crippen LogP contribution in [0.25, 0.3) is 33.3 Å². The minimum atomic E-state index is -0.838. The number of para-hydroxylation sites is 1. The van der Waals surface area contributed by atoms with E-state index in [4.69, 9.17) is 14.5 Å². The van der Waals surface area contributed by atoms with Gasteiger partial charge in [-0.25, -0.2) is 4.98 Å². The van der Waals surface area contributed by atoms with Gasteiger partial charge in [0.1, 0.15) is 12.4 Å². The molecule has 1 saturated heterocycles. The first kappa shape index (κ1) is 20.9. The number of benzene rings is 3. The molecular formula is C28H23NO4. The molecule has 1 atom stereocenters. The minimum absolute atomic E-state index is 0.0241. The number of hydrogen-bond donors (Lipinski definition) is 0. The number of esters is 1. The predicted octanol–water partition coefficient (Wildman–Crippen LogP) is 5.61. The van der Waals surface area contributed by atoms with Crippen LogP contribution >= 0.6 is 0 Å². The maximum absolute atomic E-state index is 12.1. The van der Waals surface area contributed by atoms with Crippen molar-refractivity contribution in [2.75, 3.05) is 6.61 Å². The molecule has 4 aromatic rings. The van der Waals surface area contributed by atoms with Crippen molar-refractivity contribution in [3.05, 3.63) is 84.9 Å². The molecule has 0 saturated carbocycles. The van der Waals surface area contributed by atoms with Crippen LogP contribution in [0.1, 0.15) is 19.3 Å². The lowest BCUT2D eigenvalue weighted by atomic mass is 9.98. The second-order valence-corrected chi connectivity index (χ2v) is 8.07. The molecule has 1 aliphatic heterocycles. The Labute approximate surface area is 192 Å². The van der Waals surface area contributed by atoms with Crippen molar-refractivity contribution in [1.29, 1.82) is 0 Å². The van der Waals surface area contributed by atoms with E-state index in [1.54, 1.807) is 0 Å². The van der Waals surface area contributed by atoms with Crippen molar-refractivity contribution in [2.45, 2.75) is 25.4 Å². The van der Waals surface area contributed by atoms with Gasteiger partial charge in [0.05, 0.1) is 11.2 Å². The predicted molar refractivity (Wildman–Crippen MR) is 127 cm³/mol. The molecule has 5 rings (SSSR count). The number of ketones is 1. The lowest BCUT2D eigenvalue weighted by molar-refractivity contribution is -0.154. The summed E-state index contributed by atoms with van der Waals surface area (Å²) in [6, 6.07) is 28.1. The van der Waals surface area contributed by atoms with Crippen molar-refractivity contribution in [2.24, 2.45) is 0 Å². The highest BCUT2D eigenvalue weighted by Gasteiger charge is 2.26. The summed E-state index contributed by atoms with van der Waals surface area (Å²) in [5.41, 5.74) is 5.03. The molecular weight excluding hydrogens is 414 g/mol. The van der Waals surface area contributed by atoms with Crippen molar-refractivity contribution < 1.29 is 19.1 Å². The van der Waals surface area contributed by atoms with Crippen molar-refractivity contribution in [3.8, 4) is 28.1 Å². The van der Waals surface area contributed by atoms with Gasteiger partial charge in [-0.15, -0.1) is 0 Å². The monoisotopic (exact) mass is 437 g/mol. The van der Waals surface area contributed by atoms with Gasteiger partial charge in [0.15, 0.2) is 11.9 Å². The number of pyridine rings is 1. The minimum Gasteiger partial charge on any atom is -0.489 e. The van der Waals surface area contributed by atoms with Gasteiger partial charge in [-0.1, -0.05) is 48.5 Å². The maximum Gasteiger partial charge on any atom is 0.306 e. The van der Waals surface area contributed by atoms with Crippen LogP contribution in [0, 0.1) is 0 Å². The van der Waals surface area contributed by atoms with Crippen LogP contribution in [0.5, 0.6) is 5.75 Å². The zero-order chi connectivity index (χ0) is 22.6. The zero-order valence-corrected chi connectivity index (χ0v) is 18.1. The molecule has 1 aliphatic rings. The Morgan fingerprint density at radius 1 is 0.848 bits per heavy atom. The Kier molecular flexibility index (Phi) is 5.85. The summed E-state index contributed by atoms with van der Waals surface area (Å²) < 4.78 is 11.0. The second kappa shape index (κ2) is 9.25. The smallest absolute Gasteiger partial charge is 0.306 e. The molecule has 0 aliphatic carbocycles. The third-order valence-electron chi connectivity index (χ3n) is 5.79. The van der Waals surface area contributed by atoms with E-state index in [9.17, 15) is 9.59 Å². The van der Waals surface area contributed by atoms with Gasteiger partial charge >= 0.3 is 5.97 Å². The second-order valence-electron chi connectivity index (χ2n) is 8.07. The van der Waals surface area contributed by atoms with Crippen LogP contribution in [0.15, 0.2) is 84.9 Å². The number of carbonyl (C=O) groups excluding carboxylic acids is 2. The van der Waals surface area contributed by atoms with E-state index in [2.05, 4.69) is 24.3 Å². The normalized spacial score (nSPS) is 16.3. The van der Waals surface area contributed by atoms with Crippen LogP contribution in [0.4, 0.5) is 0 Å². The Balaban J connectivity index is 1.39. The summed E-state index contributed by atoms with van der Waals surface area (Å²) >= 11 is 0. The van der Waals surface area contributed by atoms with E-state index in [1.165, 1.54) is 0 Å². The fourth-order valence-corrected chi connectivity index (χ4v) is 4.05. The first-order chi connectivity index (χ1) is 16.2. The fraction of sp³-hybridized carbons (Fsp3) is 0.179. The van der Waals surface area contributed by atoms with Crippen LogP contribution in [-0.4, -0.2) is 29.4 Å². The summed E-state index contributed by atoms with van der Waals surface area (Å²) in [7, 11) is 0. The van der Waals surface area contributed by atoms with Crippen molar-refractivity contribution in [1.82, 2.24) is 4.98 Å². The average Bonchev–Trinajstić information content (AvgIpc) is 3.02. The van der Waals surface area contributed by atoms with E-state index in [1.807, 2.05) is 60.7 Å². The van der Waals surface area contributed by atoms with E-state index in [0.29, 0.717) is 18.6 Å². The molecule has 5 heteroatoms. The molecule has 5 nitrogen and oxygen atoms in total. The largest absolute Gasteiger partial charge is 0.489 e. The Hall–Kier alpha value is -3.99. The summed E-state index contributed by atoms with van der Waals surface area (Å²) in [6.07, 6.45) is 0.318. The van der Waals surface area contributed by atoms with Gasteiger partial charge in [0.2, 0.25) is 0 Å². The van der Waals surface area contributed by atoms with Gasteiger partial charge in [-0.3, -0.25) is 9.59 Å². The highest BCUT2D eigenvalue weighted by Crippen LogP contribution is 2.32. The molecule has 1 fully saturated rings. The number of cyclic esters (lactones) is 1. The SMILES string of the molecule is O=C1CCCC(=O)C(COc2ccc(-c3cc(-c4ccccc4)c4ccccc4n3)cc2)O1. The number of Topliss-reactive ketones (excluding diaryl/α,β-unsaturated/α-hetero) is 1. The first-order valence-electron chi connectivity index (χ1n) is 11.1. The number of ether oxygens (including phenoxy) is 2. The van der Waals surface area contributed by atoms with Crippen LogP contribution in [-0.2, 0) is 14.3 Å². The Morgan fingerprint density at radius 2 is 1.61 bits per heavy atom. The van der Waals surface area contributed by atoms with Crippen molar-refractivity contribution in [3.63, 3.8) is 0 Å². The molecule has 0 bridgehead atoms. The molecule has 33 heavy (non-hydrogen) atoms. The number of rotatable bonds is 5.